The van der Waals surface area contributed by atoms with Gasteiger partial charge in [-0.3, -0.25) is 9.20 Å². The summed E-state index contributed by atoms with van der Waals surface area (Å²) in [5, 5.41) is 2.85. The summed E-state index contributed by atoms with van der Waals surface area (Å²) in [7, 11) is 0. The number of thiazole rings is 1. The second kappa shape index (κ2) is 8.14. The van der Waals surface area contributed by atoms with Gasteiger partial charge in [0.15, 0.2) is 5.69 Å². The minimum Gasteiger partial charge on any atom is -0.454 e. The average Bonchev–Trinajstić information content (AvgIpc) is 3.23. The molecular formula is C21H16ClN3O3S. The van der Waals surface area contributed by atoms with Crippen molar-refractivity contribution in [1.29, 1.82) is 0 Å². The van der Waals surface area contributed by atoms with Crippen LogP contribution in [-0.2, 0) is 17.8 Å². The lowest BCUT2D eigenvalue weighted by Crippen LogP contribution is -2.16. The number of esters is 1. The highest BCUT2D eigenvalue weighted by Gasteiger charge is 2.14. The SMILES string of the molecule is CCc1ccc(-c2nc(C(=O)OCc3cc(=O)n4cc(Cl)ccc4n3)cs2)cc1. The first-order valence-corrected chi connectivity index (χ1v) is 10.2. The van der Waals surface area contributed by atoms with Gasteiger partial charge in [0.1, 0.15) is 17.3 Å². The molecule has 6 nitrogen and oxygen atoms in total. The van der Waals surface area contributed by atoms with E-state index in [4.69, 9.17) is 16.3 Å². The number of aromatic nitrogens is 3. The lowest BCUT2D eigenvalue weighted by Gasteiger charge is -2.05. The maximum absolute atomic E-state index is 12.3. The van der Waals surface area contributed by atoms with Crippen molar-refractivity contribution < 1.29 is 9.53 Å². The number of aryl methyl sites for hydroxylation is 1. The van der Waals surface area contributed by atoms with E-state index in [-0.39, 0.29) is 17.9 Å². The first-order valence-electron chi connectivity index (χ1n) is 8.93. The Labute approximate surface area is 175 Å². The third-order valence-electron chi connectivity index (χ3n) is 4.35. The van der Waals surface area contributed by atoms with E-state index in [9.17, 15) is 9.59 Å². The molecule has 0 bridgehead atoms. The van der Waals surface area contributed by atoms with Gasteiger partial charge in [-0.05, 0) is 24.1 Å². The van der Waals surface area contributed by atoms with Crippen molar-refractivity contribution in [3.8, 4) is 10.6 Å². The highest BCUT2D eigenvalue weighted by atomic mass is 35.5. The quantitative estimate of drug-likeness (QED) is 0.443. The van der Waals surface area contributed by atoms with E-state index < -0.39 is 5.97 Å². The topological polar surface area (TPSA) is 73.6 Å². The fourth-order valence-corrected chi connectivity index (χ4v) is 3.75. The molecule has 0 aliphatic heterocycles. The van der Waals surface area contributed by atoms with Gasteiger partial charge in [0.25, 0.3) is 5.56 Å². The van der Waals surface area contributed by atoms with Crippen molar-refractivity contribution in [1.82, 2.24) is 14.4 Å². The van der Waals surface area contributed by atoms with Gasteiger partial charge in [-0.2, -0.15) is 0 Å². The molecule has 0 fully saturated rings. The number of rotatable bonds is 5. The number of pyridine rings is 1. The Balaban J connectivity index is 1.47. The van der Waals surface area contributed by atoms with Gasteiger partial charge >= 0.3 is 5.97 Å². The van der Waals surface area contributed by atoms with Crippen LogP contribution < -0.4 is 5.56 Å². The number of ether oxygens (including phenoxy) is 1. The number of fused-ring (bicyclic) bond motifs is 1. The van der Waals surface area contributed by atoms with Crippen LogP contribution in [0, 0.1) is 0 Å². The predicted octanol–water partition coefficient (Wildman–Crippen LogP) is 4.39. The standard InChI is InChI=1S/C21H16ClN3O3S/c1-2-13-3-5-14(6-4-13)20-24-17(12-29-20)21(27)28-11-16-9-19(26)25-10-15(22)7-8-18(25)23-16/h3-10,12H,2,11H2,1H3. The highest BCUT2D eigenvalue weighted by molar-refractivity contribution is 7.13. The predicted molar refractivity (Wildman–Crippen MR) is 113 cm³/mol. The first kappa shape index (κ1) is 19.3. The molecule has 4 rings (SSSR count). The van der Waals surface area contributed by atoms with Gasteiger partial charge in [0, 0.05) is 23.2 Å². The maximum Gasteiger partial charge on any atom is 0.358 e. The fraction of sp³-hybridized carbons (Fsp3) is 0.143. The Morgan fingerprint density at radius 2 is 1.97 bits per heavy atom. The summed E-state index contributed by atoms with van der Waals surface area (Å²) in [6.45, 7) is 1.98. The molecule has 3 heterocycles. The molecule has 29 heavy (non-hydrogen) atoms. The monoisotopic (exact) mass is 425 g/mol. The van der Waals surface area contributed by atoms with E-state index >= 15 is 0 Å². The molecule has 8 heteroatoms. The molecule has 0 aliphatic carbocycles. The van der Waals surface area contributed by atoms with Crippen LogP contribution in [0.15, 0.2) is 58.8 Å². The molecule has 0 radical (unpaired) electrons. The summed E-state index contributed by atoms with van der Waals surface area (Å²) < 4.78 is 6.63. The normalized spacial score (nSPS) is 11.0. The molecule has 0 saturated heterocycles. The molecule has 0 atom stereocenters. The van der Waals surface area contributed by atoms with Crippen molar-refractivity contribution in [2.24, 2.45) is 0 Å². The molecule has 0 N–H and O–H groups in total. The lowest BCUT2D eigenvalue weighted by molar-refractivity contribution is 0.0462. The van der Waals surface area contributed by atoms with Crippen LogP contribution in [0.2, 0.25) is 5.02 Å². The Kier molecular flexibility index (Phi) is 5.42. The second-order valence-corrected chi connectivity index (χ2v) is 7.62. The van der Waals surface area contributed by atoms with Gasteiger partial charge in [0.2, 0.25) is 0 Å². The molecular weight excluding hydrogens is 410 g/mol. The second-order valence-electron chi connectivity index (χ2n) is 6.33. The number of carbonyl (C=O) groups excluding carboxylic acids is 1. The minimum atomic E-state index is -0.559. The molecule has 4 aromatic rings. The Bertz CT molecular complexity index is 1250. The molecule has 3 aromatic heterocycles. The van der Waals surface area contributed by atoms with E-state index in [0.29, 0.717) is 16.4 Å². The van der Waals surface area contributed by atoms with Crippen LogP contribution in [0.4, 0.5) is 0 Å². The number of benzene rings is 1. The van der Waals surface area contributed by atoms with Crippen molar-refractivity contribution in [2.45, 2.75) is 20.0 Å². The zero-order chi connectivity index (χ0) is 20.4. The molecule has 0 amide bonds. The summed E-state index contributed by atoms with van der Waals surface area (Å²) in [6.07, 6.45) is 2.46. The Morgan fingerprint density at radius 1 is 1.17 bits per heavy atom. The van der Waals surface area contributed by atoms with Gasteiger partial charge < -0.3 is 4.74 Å². The van der Waals surface area contributed by atoms with Gasteiger partial charge in [-0.25, -0.2) is 14.8 Å². The van der Waals surface area contributed by atoms with Gasteiger partial charge in [0.05, 0.1) is 10.7 Å². The molecule has 0 saturated carbocycles. The first-order chi connectivity index (χ1) is 14.0. The van der Waals surface area contributed by atoms with Crippen LogP contribution in [0.3, 0.4) is 0 Å². The molecule has 1 aromatic carbocycles. The van der Waals surface area contributed by atoms with E-state index in [1.165, 1.54) is 33.6 Å². The summed E-state index contributed by atoms with van der Waals surface area (Å²) >= 11 is 7.28. The van der Waals surface area contributed by atoms with Crippen molar-refractivity contribution >= 4 is 34.6 Å². The smallest absolute Gasteiger partial charge is 0.358 e. The minimum absolute atomic E-state index is 0.120. The van der Waals surface area contributed by atoms with E-state index in [0.717, 1.165) is 17.0 Å². The molecule has 0 spiro atoms. The van der Waals surface area contributed by atoms with Crippen molar-refractivity contribution in [3.63, 3.8) is 0 Å². The van der Waals surface area contributed by atoms with E-state index in [1.54, 1.807) is 17.5 Å². The Hall–Kier alpha value is -3.03. The van der Waals surface area contributed by atoms with Crippen LogP contribution in [0.5, 0.6) is 0 Å². The number of hydrogen-bond acceptors (Lipinski definition) is 6. The maximum atomic E-state index is 12.3. The largest absolute Gasteiger partial charge is 0.454 e. The van der Waals surface area contributed by atoms with Gasteiger partial charge in [-0.1, -0.05) is 42.8 Å². The van der Waals surface area contributed by atoms with Crippen LogP contribution >= 0.6 is 22.9 Å². The third-order valence-corrected chi connectivity index (χ3v) is 5.47. The van der Waals surface area contributed by atoms with Crippen LogP contribution in [0.1, 0.15) is 28.7 Å². The number of nitrogens with zero attached hydrogens (tertiary/aromatic N) is 3. The van der Waals surface area contributed by atoms with Crippen LogP contribution in [0.25, 0.3) is 16.2 Å². The summed E-state index contributed by atoms with van der Waals surface area (Å²) in [5.41, 5.74) is 2.92. The van der Waals surface area contributed by atoms with Crippen molar-refractivity contribution in [2.75, 3.05) is 0 Å². The number of carbonyl (C=O) groups is 1. The molecule has 0 unspecified atom stereocenters. The zero-order valence-electron chi connectivity index (χ0n) is 15.5. The number of halogens is 1. The Morgan fingerprint density at radius 3 is 2.72 bits per heavy atom. The van der Waals surface area contributed by atoms with Crippen molar-refractivity contribution in [3.05, 3.63) is 86.4 Å². The molecule has 146 valence electrons. The zero-order valence-corrected chi connectivity index (χ0v) is 17.0. The summed E-state index contributed by atoms with van der Waals surface area (Å²) in [4.78, 5) is 33.2. The van der Waals surface area contributed by atoms with Crippen LogP contribution in [-0.4, -0.2) is 20.3 Å². The van der Waals surface area contributed by atoms with Gasteiger partial charge in [-0.15, -0.1) is 11.3 Å². The number of hydrogen-bond donors (Lipinski definition) is 0. The summed E-state index contributed by atoms with van der Waals surface area (Å²) in [6, 6.07) is 12.7. The fourth-order valence-electron chi connectivity index (χ4n) is 2.80. The molecule has 0 aliphatic rings. The summed E-state index contributed by atoms with van der Waals surface area (Å²) in [5.74, 6) is -0.559. The lowest BCUT2D eigenvalue weighted by atomic mass is 10.1. The van der Waals surface area contributed by atoms with E-state index in [1.807, 2.05) is 24.3 Å². The third kappa shape index (κ3) is 4.21. The average molecular weight is 426 g/mol. The highest BCUT2D eigenvalue weighted by Crippen LogP contribution is 2.24. The van der Waals surface area contributed by atoms with E-state index in [2.05, 4.69) is 16.9 Å².